The van der Waals surface area contributed by atoms with Gasteiger partial charge in [-0.15, -0.1) is 0 Å². The predicted octanol–water partition coefficient (Wildman–Crippen LogP) is -1.87. The minimum atomic E-state index is -1.23. The van der Waals surface area contributed by atoms with Gasteiger partial charge in [-0.25, -0.2) is 4.79 Å². The highest BCUT2D eigenvalue weighted by Gasteiger charge is 2.24. The van der Waals surface area contributed by atoms with Crippen LogP contribution in [0.3, 0.4) is 0 Å². The molecule has 0 radical (unpaired) electrons. The van der Waals surface area contributed by atoms with Crippen LogP contribution in [0.4, 0.5) is 0 Å². The van der Waals surface area contributed by atoms with E-state index >= 15 is 0 Å². The quantitative estimate of drug-likeness (QED) is 0.684. The molecule has 1 aromatic rings. The van der Waals surface area contributed by atoms with Gasteiger partial charge in [-0.1, -0.05) is 13.3 Å². The largest absolute Gasteiger partial charge is 0.481 e. The fourth-order valence-corrected chi connectivity index (χ4v) is 2.24. The molecule has 0 aliphatic carbocycles. The highest BCUT2D eigenvalue weighted by Crippen LogP contribution is 2.04. The van der Waals surface area contributed by atoms with E-state index in [1.54, 1.807) is 0 Å². The molecule has 8 heteroatoms. The van der Waals surface area contributed by atoms with Crippen LogP contribution in [-0.4, -0.2) is 26.1 Å². The van der Waals surface area contributed by atoms with Gasteiger partial charge in [-0.3, -0.25) is 23.5 Å². The zero-order valence-corrected chi connectivity index (χ0v) is 11.8. The number of unbranched alkanes of at least 4 members (excludes halogenated alkanes) is 1. The van der Waals surface area contributed by atoms with Gasteiger partial charge in [0, 0.05) is 19.2 Å². The van der Waals surface area contributed by atoms with E-state index in [2.05, 4.69) is 4.99 Å². The lowest BCUT2D eigenvalue weighted by Crippen LogP contribution is -2.57. The maximum absolute atomic E-state index is 12.2. The molecule has 0 spiro atoms. The van der Waals surface area contributed by atoms with Crippen molar-refractivity contribution in [3.8, 4) is 0 Å². The second-order valence-electron chi connectivity index (χ2n) is 4.82. The minimum absolute atomic E-state index is 0.0159. The Bertz CT molecular complexity index is 860. The van der Waals surface area contributed by atoms with Crippen molar-refractivity contribution in [1.29, 1.82) is 0 Å². The van der Waals surface area contributed by atoms with Crippen LogP contribution in [0.1, 0.15) is 26.2 Å². The molecule has 1 amide bonds. The van der Waals surface area contributed by atoms with Crippen LogP contribution in [0.2, 0.25) is 0 Å². The molecule has 2 rings (SSSR count). The van der Waals surface area contributed by atoms with Crippen molar-refractivity contribution in [3.05, 3.63) is 31.5 Å². The third kappa shape index (κ3) is 2.44. The van der Waals surface area contributed by atoms with Crippen LogP contribution in [0, 0.1) is 0 Å². The minimum Gasteiger partial charge on any atom is -0.481 e. The standard InChI is InChI=1S/C13H15N3O5/c1-3-4-5-16-10-9(12(20)15(2)13(16)21)7(6-8(17)18)11(19)14-10/h3-6H2,1-2H3,(H,17,18). The number of hydrogen-bond donors (Lipinski definition) is 1. The Morgan fingerprint density at radius 1 is 1.29 bits per heavy atom. The summed E-state index contributed by atoms with van der Waals surface area (Å²) in [6, 6.07) is 0. The number of rotatable bonds is 5. The SMILES string of the molecule is CCCCn1c2c(c(=O)n(C)c1=O)=C(CC(=O)O)C(=O)N=2. The molecule has 1 N–H and O–H groups in total. The average Bonchev–Trinajstić information content (AvgIpc) is 2.73. The Morgan fingerprint density at radius 2 is 1.95 bits per heavy atom. The van der Waals surface area contributed by atoms with Crippen molar-refractivity contribution >= 4 is 17.4 Å². The lowest BCUT2D eigenvalue weighted by Gasteiger charge is -2.06. The predicted molar refractivity (Wildman–Crippen MR) is 72.3 cm³/mol. The maximum atomic E-state index is 12.2. The van der Waals surface area contributed by atoms with Crippen LogP contribution in [-0.2, 0) is 23.2 Å². The number of aliphatic carboxylic acids is 1. The van der Waals surface area contributed by atoms with Gasteiger partial charge in [0.2, 0.25) is 0 Å². The molecule has 0 saturated heterocycles. The van der Waals surface area contributed by atoms with E-state index in [-0.39, 0.29) is 16.3 Å². The van der Waals surface area contributed by atoms with E-state index in [9.17, 15) is 19.2 Å². The van der Waals surface area contributed by atoms with Crippen molar-refractivity contribution in [2.75, 3.05) is 0 Å². The van der Waals surface area contributed by atoms with Gasteiger partial charge < -0.3 is 5.11 Å². The van der Waals surface area contributed by atoms with Gasteiger partial charge >= 0.3 is 11.7 Å². The second-order valence-corrected chi connectivity index (χ2v) is 4.82. The van der Waals surface area contributed by atoms with Crippen molar-refractivity contribution in [2.24, 2.45) is 12.0 Å². The first-order valence-electron chi connectivity index (χ1n) is 6.56. The zero-order chi connectivity index (χ0) is 15.7. The molecule has 0 atom stereocenters. The molecule has 0 aromatic carbocycles. The summed E-state index contributed by atoms with van der Waals surface area (Å²) in [7, 11) is 1.30. The molecule has 21 heavy (non-hydrogen) atoms. The van der Waals surface area contributed by atoms with E-state index in [4.69, 9.17) is 5.11 Å². The summed E-state index contributed by atoms with van der Waals surface area (Å²) in [5.74, 6) is -1.99. The molecular formula is C13H15N3O5. The van der Waals surface area contributed by atoms with Crippen LogP contribution in [0.5, 0.6) is 0 Å². The Morgan fingerprint density at radius 3 is 2.52 bits per heavy atom. The molecule has 0 fully saturated rings. The highest BCUT2D eigenvalue weighted by molar-refractivity contribution is 6.18. The first-order valence-corrected chi connectivity index (χ1v) is 6.56. The van der Waals surface area contributed by atoms with Gasteiger partial charge in [0.05, 0.1) is 11.6 Å². The molecule has 112 valence electrons. The average molecular weight is 293 g/mol. The lowest BCUT2D eigenvalue weighted by atomic mass is 10.1. The Balaban J connectivity index is 2.89. The summed E-state index contributed by atoms with van der Waals surface area (Å²) in [6.45, 7) is 2.26. The maximum Gasteiger partial charge on any atom is 0.332 e. The van der Waals surface area contributed by atoms with E-state index < -0.39 is 29.5 Å². The first kappa shape index (κ1) is 14.9. The first-order chi connectivity index (χ1) is 9.88. The third-order valence-electron chi connectivity index (χ3n) is 3.35. The fourth-order valence-electron chi connectivity index (χ4n) is 2.24. The number of carboxylic acid groups (broad SMARTS) is 1. The number of carboxylic acids is 1. The molecular weight excluding hydrogens is 278 g/mol. The van der Waals surface area contributed by atoms with Gasteiger partial charge in [0.25, 0.3) is 11.5 Å². The summed E-state index contributed by atoms with van der Waals surface area (Å²) in [5.41, 5.74) is -1.42. The summed E-state index contributed by atoms with van der Waals surface area (Å²) in [6.07, 6.45) is 0.919. The smallest absolute Gasteiger partial charge is 0.332 e. The van der Waals surface area contributed by atoms with Crippen molar-refractivity contribution < 1.29 is 14.7 Å². The fraction of sp³-hybridized carbons (Fsp3) is 0.462. The Labute approximate surface area is 118 Å². The summed E-state index contributed by atoms with van der Waals surface area (Å²) < 4.78 is 2.14. The number of fused-ring (bicyclic) bond motifs is 1. The van der Waals surface area contributed by atoms with E-state index in [0.29, 0.717) is 13.0 Å². The van der Waals surface area contributed by atoms with Crippen LogP contribution >= 0.6 is 0 Å². The molecule has 1 aliphatic heterocycles. The van der Waals surface area contributed by atoms with Gasteiger partial charge in [-0.05, 0) is 6.42 Å². The molecule has 0 unspecified atom stereocenters. The van der Waals surface area contributed by atoms with Gasteiger partial charge in [-0.2, -0.15) is 4.99 Å². The molecule has 8 nitrogen and oxygen atoms in total. The normalized spacial score (nSPS) is 13.2. The topological polar surface area (TPSA) is 111 Å². The summed E-state index contributed by atoms with van der Waals surface area (Å²) in [5, 5.41) is 8.78. The number of aromatic nitrogens is 2. The Hall–Kier alpha value is -2.51. The zero-order valence-electron chi connectivity index (χ0n) is 11.8. The highest BCUT2D eigenvalue weighted by atomic mass is 16.4. The van der Waals surface area contributed by atoms with Crippen molar-refractivity contribution in [2.45, 2.75) is 32.7 Å². The molecule has 0 saturated carbocycles. The lowest BCUT2D eigenvalue weighted by molar-refractivity contribution is -0.136. The van der Waals surface area contributed by atoms with Gasteiger partial charge in [0.15, 0.2) is 5.49 Å². The van der Waals surface area contributed by atoms with Crippen molar-refractivity contribution in [3.63, 3.8) is 0 Å². The molecule has 1 aromatic heterocycles. The van der Waals surface area contributed by atoms with Gasteiger partial charge in [0.1, 0.15) is 0 Å². The van der Waals surface area contributed by atoms with Crippen LogP contribution < -0.4 is 22.0 Å². The second kappa shape index (κ2) is 5.47. The molecule has 1 aliphatic rings. The van der Waals surface area contributed by atoms with E-state index in [1.165, 1.54) is 11.6 Å². The van der Waals surface area contributed by atoms with E-state index in [0.717, 1.165) is 11.0 Å². The number of carbonyl (C=O) groups excluding carboxylic acids is 1. The van der Waals surface area contributed by atoms with Crippen LogP contribution in [0.25, 0.3) is 5.57 Å². The third-order valence-corrected chi connectivity index (χ3v) is 3.35. The number of amides is 1. The summed E-state index contributed by atoms with van der Waals surface area (Å²) in [4.78, 5) is 50.7. The molecule has 2 heterocycles. The van der Waals surface area contributed by atoms with E-state index in [1.807, 2.05) is 6.92 Å². The number of hydrogen-bond acceptors (Lipinski definition) is 4. The summed E-state index contributed by atoms with van der Waals surface area (Å²) >= 11 is 0. The molecule has 0 bridgehead atoms. The number of nitrogens with zero attached hydrogens (tertiary/aromatic N) is 3. The Kier molecular flexibility index (Phi) is 3.88. The van der Waals surface area contributed by atoms with Crippen molar-refractivity contribution in [1.82, 2.24) is 9.13 Å². The number of carbonyl (C=O) groups is 2. The van der Waals surface area contributed by atoms with Crippen LogP contribution in [0.15, 0.2) is 14.6 Å². The monoisotopic (exact) mass is 293 g/mol.